The van der Waals surface area contributed by atoms with Gasteiger partial charge in [0.2, 0.25) is 11.7 Å². The minimum atomic E-state index is -4.57. The number of para-hydroxylation sites is 2. The second-order valence-corrected chi connectivity index (χ2v) is 3.89. The monoisotopic (exact) mass is 272 g/mol. The summed E-state index contributed by atoms with van der Waals surface area (Å²) in [6.07, 6.45) is -4.72. The quantitative estimate of drug-likeness (QED) is 0.504. The number of amides is 1. The molecular weight excluding hydrogens is 261 g/mol. The van der Waals surface area contributed by atoms with Crippen molar-refractivity contribution in [2.24, 2.45) is 5.84 Å². The van der Waals surface area contributed by atoms with E-state index in [-0.39, 0.29) is 18.5 Å². The number of halogens is 3. The Morgan fingerprint density at radius 3 is 2.68 bits per heavy atom. The van der Waals surface area contributed by atoms with E-state index in [9.17, 15) is 18.0 Å². The molecule has 5 nitrogen and oxygen atoms in total. The number of hydrazine groups is 1. The van der Waals surface area contributed by atoms with Gasteiger partial charge in [0.1, 0.15) is 0 Å². The zero-order valence-corrected chi connectivity index (χ0v) is 9.74. The first kappa shape index (κ1) is 13.3. The second-order valence-electron chi connectivity index (χ2n) is 3.89. The molecule has 1 heterocycles. The van der Waals surface area contributed by atoms with Crippen molar-refractivity contribution < 1.29 is 18.0 Å². The molecule has 1 aromatic heterocycles. The van der Waals surface area contributed by atoms with Crippen LogP contribution in [0.15, 0.2) is 24.3 Å². The topological polar surface area (TPSA) is 72.9 Å². The summed E-state index contributed by atoms with van der Waals surface area (Å²) in [6.45, 7) is -0.140. The molecule has 102 valence electrons. The van der Waals surface area contributed by atoms with Gasteiger partial charge in [-0.15, -0.1) is 0 Å². The number of nitrogens with two attached hydrogens (primary N) is 1. The first-order valence-corrected chi connectivity index (χ1v) is 5.45. The smallest absolute Gasteiger partial charge is 0.320 e. The van der Waals surface area contributed by atoms with Crippen LogP contribution in [0, 0.1) is 0 Å². The lowest BCUT2D eigenvalue weighted by Gasteiger charge is -2.10. The Kier molecular flexibility index (Phi) is 3.43. The van der Waals surface area contributed by atoms with Gasteiger partial charge < -0.3 is 4.57 Å². The highest BCUT2D eigenvalue weighted by Crippen LogP contribution is 2.31. The van der Waals surface area contributed by atoms with E-state index in [2.05, 4.69) is 4.98 Å². The Hall–Kier alpha value is -2.09. The first-order chi connectivity index (χ1) is 8.93. The van der Waals surface area contributed by atoms with Crippen LogP contribution in [0.4, 0.5) is 13.2 Å². The van der Waals surface area contributed by atoms with Crippen LogP contribution in [0.25, 0.3) is 11.0 Å². The Morgan fingerprint density at radius 1 is 1.37 bits per heavy atom. The van der Waals surface area contributed by atoms with E-state index in [0.29, 0.717) is 5.52 Å². The van der Waals surface area contributed by atoms with Crippen LogP contribution in [0.5, 0.6) is 0 Å². The molecular formula is C11H11F3N4O. The lowest BCUT2D eigenvalue weighted by Crippen LogP contribution is -2.31. The summed E-state index contributed by atoms with van der Waals surface area (Å²) in [5.41, 5.74) is 2.45. The van der Waals surface area contributed by atoms with Crippen LogP contribution >= 0.6 is 0 Å². The summed E-state index contributed by atoms with van der Waals surface area (Å²) in [6, 6.07) is 6.23. The zero-order chi connectivity index (χ0) is 14.0. The molecule has 0 atom stereocenters. The molecule has 1 aromatic carbocycles. The van der Waals surface area contributed by atoms with Gasteiger partial charge in [0.15, 0.2) is 0 Å². The second kappa shape index (κ2) is 4.88. The number of alkyl halides is 3. The van der Waals surface area contributed by atoms with E-state index in [1.807, 2.05) is 5.43 Å². The van der Waals surface area contributed by atoms with E-state index in [1.54, 1.807) is 12.1 Å². The lowest BCUT2D eigenvalue weighted by molar-refractivity contribution is -0.147. The summed E-state index contributed by atoms with van der Waals surface area (Å²) >= 11 is 0. The van der Waals surface area contributed by atoms with E-state index < -0.39 is 17.9 Å². The Bertz CT molecular complexity index is 605. The average Bonchev–Trinajstić information content (AvgIpc) is 2.74. The van der Waals surface area contributed by atoms with Gasteiger partial charge in [-0.3, -0.25) is 10.2 Å². The maximum absolute atomic E-state index is 12.9. The van der Waals surface area contributed by atoms with E-state index in [1.165, 1.54) is 12.1 Å². The number of aryl methyl sites for hydroxylation is 1. The van der Waals surface area contributed by atoms with Crippen molar-refractivity contribution in [2.75, 3.05) is 0 Å². The Labute approximate surface area is 106 Å². The molecule has 0 aliphatic rings. The molecule has 0 fully saturated rings. The normalized spacial score (nSPS) is 11.8. The molecule has 0 spiro atoms. The first-order valence-electron chi connectivity index (χ1n) is 5.45. The minimum Gasteiger partial charge on any atom is -0.320 e. The van der Waals surface area contributed by atoms with Crippen molar-refractivity contribution >= 4 is 16.9 Å². The highest BCUT2D eigenvalue weighted by atomic mass is 19.4. The Balaban J connectivity index is 2.46. The number of aromatic nitrogens is 2. The number of imidazole rings is 1. The Morgan fingerprint density at radius 2 is 2.05 bits per heavy atom. The molecule has 0 aliphatic heterocycles. The molecule has 2 aromatic rings. The van der Waals surface area contributed by atoms with Crippen LogP contribution < -0.4 is 11.3 Å². The van der Waals surface area contributed by atoms with Gasteiger partial charge in [-0.25, -0.2) is 10.8 Å². The molecule has 0 radical (unpaired) electrons. The maximum Gasteiger partial charge on any atom is 0.449 e. The van der Waals surface area contributed by atoms with E-state index in [0.717, 1.165) is 4.57 Å². The van der Waals surface area contributed by atoms with Gasteiger partial charge >= 0.3 is 6.18 Å². The van der Waals surface area contributed by atoms with Crippen molar-refractivity contribution in [3.05, 3.63) is 30.1 Å². The summed E-state index contributed by atoms with van der Waals surface area (Å²) in [4.78, 5) is 14.6. The minimum absolute atomic E-state index is 0.140. The number of hydrogen-bond donors (Lipinski definition) is 2. The average molecular weight is 272 g/mol. The fourth-order valence-electron chi connectivity index (χ4n) is 1.80. The molecule has 3 N–H and O–H groups in total. The fourth-order valence-corrected chi connectivity index (χ4v) is 1.80. The molecule has 19 heavy (non-hydrogen) atoms. The van der Waals surface area contributed by atoms with Gasteiger partial charge in [0.25, 0.3) is 0 Å². The summed E-state index contributed by atoms with van der Waals surface area (Å²) in [7, 11) is 0. The number of nitrogens with zero attached hydrogens (tertiary/aromatic N) is 2. The van der Waals surface area contributed by atoms with Crippen LogP contribution in [0.3, 0.4) is 0 Å². The number of rotatable bonds is 3. The van der Waals surface area contributed by atoms with Gasteiger partial charge in [0.05, 0.1) is 11.0 Å². The van der Waals surface area contributed by atoms with Crippen molar-refractivity contribution in [3.63, 3.8) is 0 Å². The molecule has 1 amide bonds. The van der Waals surface area contributed by atoms with Crippen LogP contribution in [0.2, 0.25) is 0 Å². The standard InChI is InChI=1S/C11H11F3N4O/c12-11(13,14)10-16-7-3-1-2-4-8(7)18(10)6-5-9(19)17-15/h1-4H,5-6,15H2,(H,17,19). The molecule has 0 aliphatic carbocycles. The van der Waals surface area contributed by atoms with Gasteiger partial charge in [0, 0.05) is 13.0 Å². The number of fused-ring (bicyclic) bond motifs is 1. The van der Waals surface area contributed by atoms with E-state index in [4.69, 9.17) is 5.84 Å². The summed E-state index contributed by atoms with van der Waals surface area (Å²) < 4.78 is 39.6. The summed E-state index contributed by atoms with van der Waals surface area (Å²) in [5, 5.41) is 0. The van der Waals surface area contributed by atoms with Crippen LogP contribution in [0.1, 0.15) is 12.2 Å². The van der Waals surface area contributed by atoms with E-state index >= 15 is 0 Å². The molecule has 2 rings (SSSR count). The van der Waals surface area contributed by atoms with Crippen molar-refractivity contribution in [3.8, 4) is 0 Å². The fraction of sp³-hybridized carbons (Fsp3) is 0.273. The highest BCUT2D eigenvalue weighted by Gasteiger charge is 2.37. The molecule has 0 saturated carbocycles. The van der Waals surface area contributed by atoms with Crippen LogP contribution in [-0.4, -0.2) is 15.5 Å². The van der Waals surface area contributed by atoms with Crippen molar-refractivity contribution in [2.45, 2.75) is 19.1 Å². The molecule has 0 unspecified atom stereocenters. The predicted octanol–water partition coefficient (Wildman–Crippen LogP) is 1.44. The number of benzene rings is 1. The maximum atomic E-state index is 12.9. The van der Waals surface area contributed by atoms with Gasteiger partial charge in [-0.2, -0.15) is 13.2 Å². The summed E-state index contributed by atoms with van der Waals surface area (Å²) in [5.74, 6) is 3.35. The predicted molar refractivity (Wildman–Crippen MR) is 61.7 cm³/mol. The van der Waals surface area contributed by atoms with Crippen molar-refractivity contribution in [1.82, 2.24) is 15.0 Å². The molecule has 0 saturated heterocycles. The van der Waals surface area contributed by atoms with Gasteiger partial charge in [-0.1, -0.05) is 12.1 Å². The number of nitrogens with one attached hydrogen (secondary N) is 1. The SMILES string of the molecule is NNC(=O)CCn1c(C(F)(F)F)nc2ccccc21. The number of hydrogen-bond acceptors (Lipinski definition) is 3. The highest BCUT2D eigenvalue weighted by molar-refractivity contribution is 5.77. The number of carbonyl (C=O) groups is 1. The third-order valence-corrected chi connectivity index (χ3v) is 2.63. The molecule has 8 heteroatoms. The lowest BCUT2D eigenvalue weighted by atomic mass is 10.3. The number of carbonyl (C=O) groups excluding carboxylic acids is 1. The molecule has 0 bridgehead atoms. The zero-order valence-electron chi connectivity index (χ0n) is 9.74. The van der Waals surface area contributed by atoms with Gasteiger partial charge in [-0.05, 0) is 12.1 Å². The van der Waals surface area contributed by atoms with Crippen molar-refractivity contribution in [1.29, 1.82) is 0 Å². The third-order valence-electron chi connectivity index (χ3n) is 2.63. The third kappa shape index (κ3) is 2.68. The van der Waals surface area contributed by atoms with Crippen LogP contribution in [-0.2, 0) is 17.5 Å². The largest absolute Gasteiger partial charge is 0.449 e.